The SMILES string of the molecule is C[C@H](Oc1ccc(N(C)C(N)=O)cc1)c1nnc(-c2ccccc2)o1. The van der Waals surface area contributed by atoms with Crippen LogP contribution in [0.25, 0.3) is 11.5 Å². The van der Waals surface area contributed by atoms with Crippen molar-refractivity contribution in [2.75, 3.05) is 11.9 Å². The molecular weight excluding hydrogens is 320 g/mol. The van der Waals surface area contributed by atoms with Crippen LogP contribution in [-0.4, -0.2) is 23.3 Å². The minimum absolute atomic E-state index is 0.386. The first-order valence-electron chi connectivity index (χ1n) is 7.73. The van der Waals surface area contributed by atoms with Crippen molar-refractivity contribution in [2.45, 2.75) is 13.0 Å². The number of primary amides is 1. The van der Waals surface area contributed by atoms with Crippen molar-refractivity contribution in [3.63, 3.8) is 0 Å². The van der Waals surface area contributed by atoms with E-state index < -0.39 is 12.1 Å². The number of aromatic nitrogens is 2. The monoisotopic (exact) mass is 338 g/mol. The average Bonchev–Trinajstić information content (AvgIpc) is 3.13. The van der Waals surface area contributed by atoms with Crippen LogP contribution in [-0.2, 0) is 0 Å². The number of amides is 2. The van der Waals surface area contributed by atoms with Gasteiger partial charge < -0.3 is 14.9 Å². The summed E-state index contributed by atoms with van der Waals surface area (Å²) in [5, 5.41) is 8.10. The Morgan fingerprint density at radius 1 is 1.12 bits per heavy atom. The number of nitrogens with two attached hydrogens (primary N) is 1. The van der Waals surface area contributed by atoms with Crippen molar-refractivity contribution in [3.8, 4) is 17.2 Å². The highest BCUT2D eigenvalue weighted by Crippen LogP contribution is 2.25. The minimum Gasteiger partial charge on any atom is -0.481 e. The predicted octanol–water partition coefficient (Wildman–Crippen LogP) is 3.39. The maximum absolute atomic E-state index is 11.2. The molecule has 2 aromatic carbocycles. The molecule has 3 rings (SSSR count). The summed E-state index contributed by atoms with van der Waals surface area (Å²) in [6.45, 7) is 1.83. The van der Waals surface area contributed by atoms with E-state index in [0.717, 1.165) is 5.56 Å². The maximum Gasteiger partial charge on any atom is 0.318 e. The maximum atomic E-state index is 11.2. The highest BCUT2D eigenvalue weighted by molar-refractivity contribution is 5.90. The predicted molar refractivity (Wildman–Crippen MR) is 93.2 cm³/mol. The van der Waals surface area contributed by atoms with E-state index in [2.05, 4.69) is 10.2 Å². The summed E-state index contributed by atoms with van der Waals surface area (Å²) in [4.78, 5) is 12.5. The van der Waals surface area contributed by atoms with Crippen LogP contribution in [0.1, 0.15) is 18.9 Å². The Morgan fingerprint density at radius 2 is 1.80 bits per heavy atom. The first kappa shape index (κ1) is 16.5. The smallest absolute Gasteiger partial charge is 0.318 e. The number of anilines is 1. The molecule has 25 heavy (non-hydrogen) atoms. The van der Waals surface area contributed by atoms with E-state index in [1.165, 1.54) is 4.90 Å². The number of ether oxygens (including phenoxy) is 1. The van der Waals surface area contributed by atoms with Gasteiger partial charge in [0.05, 0.1) is 0 Å². The Hall–Kier alpha value is -3.35. The molecule has 1 heterocycles. The van der Waals surface area contributed by atoms with Crippen molar-refractivity contribution in [2.24, 2.45) is 5.73 Å². The van der Waals surface area contributed by atoms with E-state index >= 15 is 0 Å². The molecule has 7 nitrogen and oxygen atoms in total. The van der Waals surface area contributed by atoms with E-state index in [1.54, 1.807) is 31.3 Å². The summed E-state index contributed by atoms with van der Waals surface area (Å²) in [6.07, 6.45) is -0.412. The first-order valence-corrected chi connectivity index (χ1v) is 7.73. The third-order valence-corrected chi connectivity index (χ3v) is 3.68. The first-order chi connectivity index (χ1) is 12.0. The van der Waals surface area contributed by atoms with Crippen LogP contribution in [0.2, 0.25) is 0 Å². The van der Waals surface area contributed by atoms with Crippen molar-refractivity contribution >= 4 is 11.7 Å². The van der Waals surface area contributed by atoms with Crippen molar-refractivity contribution in [3.05, 3.63) is 60.5 Å². The fourth-order valence-corrected chi connectivity index (χ4v) is 2.23. The summed E-state index contributed by atoms with van der Waals surface area (Å²) in [7, 11) is 1.60. The van der Waals surface area contributed by atoms with Crippen LogP contribution in [0.3, 0.4) is 0 Å². The zero-order valence-corrected chi connectivity index (χ0v) is 13.9. The van der Waals surface area contributed by atoms with Crippen molar-refractivity contribution in [1.82, 2.24) is 10.2 Å². The van der Waals surface area contributed by atoms with Gasteiger partial charge in [0, 0.05) is 18.3 Å². The second-order valence-electron chi connectivity index (χ2n) is 5.46. The highest BCUT2D eigenvalue weighted by Gasteiger charge is 2.17. The van der Waals surface area contributed by atoms with E-state index in [0.29, 0.717) is 23.2 Å². The van der Waals surface area contributed by atoms with E-state index in [-0.39, 0.29) is 0 Å². The van der Waals surface area contributed by atoms with Gasteiger partial charge in [0.1, 0.15) is 5.75 Å². The molecule has 0 aliphatic heterocycles. The number of hydrogen-bond donors (Lipinski definition) is 1. The molecule has 0 radical (unpaired) electrons. The van der Waals surface area contributed by atoms with Crippen LogP contribution in [0.15, 0.2) is 59.0 Å². The number of rotatable bonds is 5. The lowest BCUT2D eigenvalue weighted by molar-refractivity contribution is 0.189. The molecule has 0 fully saturated rings. The molecule has 0 aliphatic carbocycles. The minimum atomic E-state index is -0.527. The lowest BCUT2D eigenvalue weighted by Gasteiger charge is -2.15. The molecule has 7 heteroatoms. The van der Waals surface area contributed by atoms with Crippen molar-refractivity contribution in [1.29, 1.82) is 0 Å². The molecular formula is C18H18N4O3. The summed E-state index contributed by atoms with van der Waals surface area (Å²) < 4.78 is 11.5. The summed E-state index contributed by atoms with van der Waals surface area (Å²) in [5.74, 6) is 1.45. The molecule has 3 aromatic rings. The van der Waals surface area contributed by atoms with E-state index in [9.17, 15) is 4.79 Å². The van der Waals surface area contributed by atoms with Crippen LogP contribution < -0.4 is 15.4 Å². The molecule has 128 valence electrons. The average molecular weight is 338 g/mol. The molecule has 2 amide bonds. The van der Waals surface area contributed by atoms with Gasteiger partial charge in [-0.2, -0.15) is 0 Å². The molecule has 1 aromatic heterocycles. The van der Waals surface area contributed by atoms with E-state index in [4.69, 9.17) is 14.9 Å². The topological polar surface area (TPSA) is 94.5 Å². The van der Waals surface area contributed by atoms with Gasteiger partial charge in [-0.05, 0) is 43.3 Å². The molecule has 0 saturated carbocycles. The van der Waals surface area contributed by atoms with Gasteiger partial charge >= 0.3 is 6.03 Å². The Bertz CT molecular complexity index is 846. The van der Waals surface area contributed by atoms with Gasteiger partial charge in [0.15, 0.2) is 6.10 Å². The zero-order chi connectivity index (χ0) is 17.8. The summed E-state index contributed by atoms with van der Waals surface area (Å²) in [6, 6.07) is 16.0. The van der Waals surface area contributed by atoms with Gasteiger partial charge in [-0.3, -0.25) is 4.90 Å². The molecule has 0 saturated heterocycles. The fraction of sp³-hybridized carbons (Fsp3) is 0.167. The number of carbonyl (C=O) groups excluding carboxylic acids is 1. The highest BCUT2D eigenvalue weighted by atomic mass is 16.5. The molecule has 1 atom stereocenters. The molecule has 0 spiro atoms. The van der Waals surface area contributed by atoms with Crippen LogP contribution in [0.5, 0.6) is 5.75 Å². The number of urea groups is 1. The van der Waals surface area contributed by atoms with Gasteiger partial charge in [-0.1, -0.05) is 18.2 Å². The normalized spacial score (nSPS) is 11.8. The standard InChI is InChI=1S/C18H18N4O3/c1-12(16-20-21-17(25-16)13-6-4-3-5-7-13)24-15-10-8-14(9-11-15)22(2)18(19)23/h3-12H,1-2H3,(H2,19,23)/t12-/m0/s1. The number of carbonyl (C=O) groups is 1. The second-order valence-corrected chi connectivity index (χ2v) is 5.46. The zero-order valence-electron chi connectivity index (χ0n) is 13.9. The second kappa shape index (κ2) is 7.04. The number of hydrogen-bond acceptors (Lipinski definition) is 5. The molecule has 0 unspecified atom stereocenters. The molecule has 2 N–H and O–H groups in total. The van der Waals surface area contributed by atoms with Gasteiger partial charge in [-0.25, -0.2) is 4.79 Å². The lowest BCUT2D eigenvalue weighted by Crippen LogP contribution is -2.31. The lowest BCUT2D eigenvalue weighted by atomic mass is 10.2. The molecule has 0 aliphatic rings. The third kappa shape index (κ3) is 3.77. The van der Waals surface area contributed by atoms with Crippen molar-refractivity contribution < 1.29 is 13.9 Å². The fourth-order valence-electron chi connectivity index (χ4n) is 2.23. The quantitative estimate of drug-likeness (QED) is 0.769. The van der Waals surface area contributed by atoms with E-state index in [1.807, 2.05) is 37.3 Å². The van der Waals surface area contributed by atoms with Gasteiger partial charge in [0.25, 0.3) is 5.89 Å². The largest absolute Gasteiger partial charge is 0.481 e. The number of benzene rings is 2. The Morgan fingerprint density at radius 3 is 2.44 bits per heavy atom. The van der Waals surface area contributed by atoms with Crippen LogP contribution in [0.4, 0.5) is 10.5 Å². The summed E-state index contributed by atoms with van der Waals surface area (Å²) >= 11 is 0. The Kier molecular flexibility index (Phi) is 4.65. The Balaban J connectivity index is 1.69. The van der Waals surface area contributed by atoms with Gasteiger partial charge in [0.2, 0.25) is 5.89 Å². The summed E-state index contributed by atoms with van der Waals surface area (Å²) in [5.41, 5.74) is 6.77. The Labute approximate surface area is 145 Å². The van der Waals surface area contributed by atoms with Crippen LogP contribution >= 0.6 is 0 Å². The van der Waals surface area contributed by atoms with Gasteiger partial charge in [-0.15, -0.1) is 10.2 Å². The number of nitrogens with zero attached hydrogens (tertiary/aromatic N) is 3. The van der Waals surface area contributed by atoms with Crippen LogP contribution in [0, 0.1) is 0 Å². The third-order valence-electron chi connectivity index (χ3n) is 3.68. The molecule has 0 bridgehead atoms.